The number of imidazole rings is 1. The molecule has 0 radical (unpaired) electrons. The van der Waals surface area contributed by atoms with Crippen LogP contribution in [0.4, 0.5) is 0 Å². The van der Waals surface area contributed by atoms with E-state index in [0.717, 1.165) is 0 Å². The van der Waals surface area contributed by atoms with Crippen molar-refractivity contribution in [2.75, 3.05) is 0 Å². The molecule has 80 valence electrons. The van der Waals surface area contributed by atoms with Gasteiger partial charge in [0, 0.05) is 6.54 Å². The van der Waals surface area contributed by atoms with E-state index in [-0.39, 0.29) is 11.4 Å². The fourth-order valence-electron chi connectivity index (χ4n) is 1.16. The van der Waals surface area contributed by atoms with Crippen LogP contribution >= 0.6 is 0 Å². The van der Waals surface area contributed by atoms with Crippen LogP contribution in [0.5, 0.6) is 0 Å². The number of aromatic nitrogens is 2. The van der Waals surface area contributed by atoms with E-state index in [2.05, 4.69) is 4.98 Å². The van der Waals surface area contributed by atoms with E-state index in [1.165, 1.54) is 10.9 Å². The first-order chi connectivity index (χ1) is 7.54. The van der Waals surface area contributed by atoms with Crippen molar-refractivity contribution in [3.8, 4) is 18.2 Å². The Labute approximate surface area is 93.1 Å². The average molecular weight is 214 g/mol. The average Bonchev–Trinajstić information content (AvgIpc) is 2.68. The van der Waals surface area contributed by atoms with Crippen molar-refractivity contribution in [1.29, 1.82) is 15.8 Å². The third-order valence-corrected chi connectivity index (χ3v) is 2.18. The first-order valence-corrected chi connectivity index (χ1v) is 4.59. The molecule has 0 bridgehead atoms. The summed E-state index contributed by atoms with van der Waals surface area (Å²) in [6.07, 6.45) is 1.80. The maximum absolute atomic E-state index is 8.85. The van der Waals surface area contributed by atoms with Crippen molar-refractivity contribution < 1.29 is 0 Å². The summed E-state index contributed by atoms with van der Waals surface area (Å²) in [5, 5.41) is 26.3. The molecule has 0 fully saturated rings. The first kappa shape index (κ1) is 11.7. The molecule has 0 aliphatic carbocycles. The van der Waals surface area contributed by atoms with Crippen molar-refractivity contribution in [2.45, 2.75) is 25.4 Å². The zero-order chi connectivity index (χ0) is 12.2. The number of nitrogens with two attached hydrogens (primary N) is 1. The standard InChI is InChI=1S/C10H10N6/c1-10(14,6-13)2-3-16-7-15-8(4-11)9(16)5-12/h7H,2-3,14H2,1H3. The van der Waals surface area contributed by atoms with E-state index in [1.807, 2.05) is 18.2 Å². The largest absolute Gasteiger partial charge is 0.321 e. The number of hydrogen-bond acceptors (Lipinski definition) is 5. The molecular formula is C10H10N6. The van der Waals surface area contributed by atoms with Gasteiger partial charge in [0.25, 0.3) is 0 Å². The van der Waals surface area contributed by atoms with E-state index in [0.29, 0.717) is 13.0 Å². The molecular weight excluding hydrogens is 204 g/mol. The third-order valence-electron chi connectivity index (χ3n) is 2.18. The highest BCUT2D eigenvalue weighted by atomic mass is 15.1. The molecule has 6 nitrogen and oxygen atoms in total. The molecule has 0 amide bonds. The SMILES string of the molecule is CC(N)(C#N)CCn1cnc(C#N)c1C#N. The van der Waals surface area contributed by atoms with Gasteiger partial charge in [-0.2, -0.15) is 15.8 Å². The van der Waals surface area contributed by atoms with Gasteiger partial charge in [-0.05, 0) is 13.3 Å². The van der Waals surface area contributed by atoms with E-state index in [1.54, 1.807) is 6.92 Å². The highest BCUT2D eigenvalue weighted by Crippen LogP contribution is 2.10. The quantitative estimate of drug-likeness (QED) is 0.774. The Morgan fingerprint density at radius 2 is 2.12 bits per heavy atom. The molecule has 1 unspecified atom stereocenters. The lowest BCUT2D eigenvalue weighted by Gasteiger charge is -2.15. The lowest BCUT2D eigenvalue weighted by Crippen LogP contribution is -2.35. The molecule has 0 saturated heterocycles. The lowest BCUT2D eigenvalue weighted by molar-refractivity contribution is 0.488. The van der Waals surface area contributed by atoms with E-state index in [9.17, 15) is 0 Å². The van der Waals surface area contributed by atoms with Gasteiger partial charge in [0.05, 0.1) is 12.4 Å². The summed E-state index contributed by atoms with van der Waals surface area (Å²) in [7, 11) is 0. The van der Waals surface area contributed by atoms with Crippen molar-refractivity contribution in [3.63, 3.8) is 0 Å². The van der Waals surface area contributed by atoms with Gasteiger partial charge >= 0.3 is 0 Å². The summed E-state index contributed by atoms with van der Waals surface area (Å²) in [5.74, 6) is 0. The molecule has 16 heavy (non-hydrogen) atoms. The molecule has 0 saturated carbocycles. The van der Waals surface area contributed by atoms with Crippen LogP contribution in [0.15, 0.2) is 6.33 Å². The fourth-order valence-corrected chi connectivity index (χ4v) is 1.16. The van der Waals surface area contributed by atoms with Crippen LogP contribution in [0.1, 0.15) is 24.7 Å². The smallest absolute Gasteiger partial charge is 0.176 e. The van der Waals surface area contributed by atoms with Crippen LogP contribution in [0, 0.1) is 34.0 Å². The maximum atomic E-state index is 8.85. The molecule has 1 heterocycles. The second-order valence-corrected chi connectivity index (χ2v) is 3.64. The Morgan fingerprint density at radius 3 is 2.62 bits per heavy atom. The Kier molecular flexibility index (Phi) is 3.25. The predicted molar refractivity (Wildman–Crippen MR) is 54.5 cm³/mol. The van der Waals surface area contributed by atoms with Crippen LogP contribution in [0.3, 0.4) is 0 Å². The molecule has 0 spiro atoms. The molecule has 1 aromatic rings. The lowest BCUT2D eigenvalue weighted by atomic mass is 10.0. The number of nitriles is 3. The van der Waals surface area contributed by atoms with Crippen molar-refractivity contribution in [2.24, 2.45) is 5.73 Å². The maximum Gasteiger partial charge on any atom is 0.176 e. The number of nitrogens with zero attached hydrogens (tertiary/aromatic N) is 5. The van der Waals surface area contributed by atoms with Gasteiger partial charge in [-0.1, -0.05) is 0 Å². The minimum atomic E-state index is -0.941. The fraction of sp³-hybridized carbons (Fsp3) is 0.400. The summed E-state index contributed by atoms with van der Waals surface area (Å²) in [5.41, 5.74) is 5.01. The van der Waals surface area contributed by atoms with Crippen LogP contribution in [-0.2, 0) is 6.54 Å². The number of rotatable bonds is 3. The summed E-state index contributed by atoms with van der Waals surface area (Å²) in [4.78, 5) is 3.79. The molecule has 0 aliphatic rings. The van der Waals surface area contributed by atoms with Gasteiger partial charge in [0.1, 0.15) is 17.7 Å². The molecule has 1 aromatic heterocycles. The highest BCUT2D eigenvalue weighted by Gasteiger charge is 2.18. The highest BCUT2D eigenvalue weighted by molar-refractivity contribution is 5.36. The minimum Gasteiger partial charge on any atom is -0.321 e. The first-order valence-electron chi connectivity index (χ1n) is 4.59. The Bertz CT molecular complexity index is 505. The molecule has 1 atom stereocenters. The second kappa shape index (κ2) is 4.44. The molecule has 0 aromatic carbocycles. The zero-order valence-corrected chi connectivity index (χ0v) is 8.80. The van der Waals surface area contributed by atoms with Crippen LogP contribution in [0.2, 0.25) is 0 Å². The van der Waals surface area contributed by atoms with Gasteiger partial charge in [-0.25, -0.2) is 4.98 Å². The predicted octanol–water partition coefficient (Wildman–Crippen LogP) is 0.258. The van der Waals surface area contributed by atoms with Gasteiger partial charge < -0.3 is 10.3 Å². The van der Waals surface area contributed by atoms with Gasteiger partial charge in [0.15, 0.2) is 11.4 Å². The van der Waals surface area contributed by atoms with Crippen molar-refractivity contribution >= 4 is 0 Å². The summed E-state index contributed by atoms with van der Waals surface area (Å²) in [6, 6.07) is 5.70. The Hall–Kier alpha value is -2.36. The Balaban J connectivity index is 2.86. The van der Waals surface area contributed by atoms with Gasteiger partial charge in [-0.15, -0.1) is 0 Å². The monoisotopic (exact) mass is 214 g/mol. The molecule has 1 rings (SSSR count). The van der Waals surface area contributed by atoms with Gasteiger partial charge in [-0.3, -0.25) is 0 Å². The van der Waals surface area contributed by atoms with Crippen molar-refractivity contribution in [3.05, 3.63) is 17.7 Å². The number of aryl methyl sites for hydroxylation is 1. The Morgan fingerprint density at radius 1 is 1.44 bits per heavy atom. The third kappa shape index (κ3) is 2.36. The zero-order valence-electron chi connectivity index (χ0n) is 8.80. The van der Waals surface area contributed by atoms with Crippen molar-refractivity contribution in [1.82, 2.24) is 9.55 Å². The van der Waals surface area contributed by atoms with Crippen LogP contribution in [0.25, 0.3) is 0 Å². The van der Waals surface area contributed by atoms with Gasteiger partial charge in [0.2, 0.25) is 0 Å². The van der Waals surface area contributed by atoms with E-state index >= 15 is 0 Å². The van der Waals surface area contributed by atoms with Crippen LogP contribution in [-0.4, -0.2) is 15.1 Å². The normalized spacial score (nSPS) is 13.2. The topological polar surface area (TPSA) is 115 Å². The molecule has 0 aliphatic heterocycles. The summed E-state index contributed by atoms with van der Waals surface area (Å²) in [6.45, 7) is 2.00. The summed E-state index contributed by atoms with van der Waals surface area (Å²) >= 11 is 0. The molecule has 2 N–H and O–H groups in total. The second-order valence-electron chi connectivity index (χ2n) is 3.64. The summed E-state index contributed by atoms with van der Waals surface area (Å²) < 4.78 is 1.53. The van der Waals surface area contributed by atoms with E-state index < -0.39 is 5.54 Å². The number of hydrogen-bond donors (Lipinski definition) is 1. The molecule has 6 heteroatoms. The van der Waals surface area contributed by atoms with Crippen LogP contribution < -0.4 is 5.73 Å². The van der Waals surface area contributed by atoms with E-state index in [4.69, 9.17) is 21.5 Å². The minimum absolute atomic E-state index is 0.0955.